The summed E-state index contributed by atoms with van der Waals surface area (Å²) in [7, 11) is 3.17. The summed E-state index contributed by atoms with van der Waals surface area (Å²) in [6, 6.07) is 10.5. The predicted molar refractivity (Wildman–Crippen MR) is 114 cm³/mol. The maximum Gasteiger partial charge on any atom is 0.416 e. The number of hydrogen-bond acceptors (Lipinski definition) is 3. The number of halogens is 6. The third-order valence-electron chi connectivity index (χ3n) is 6.21. The Bertz CT molecular complexity index is 996. The Morgan fingerprint density at radius 2 is 1.50 bits per heavy atom. The highest BCUT2D eigenvalue weighted by molar-refractivity contribution is 5.87. The molecule has 0 bridgehead atoms. The zero-order chi connectivity index (χ0) is 25.5. The van der Waals surface area contributed by atoms with Crippen molar-refractivity contribution in [2.24, 2.45) is 5.73 Å². The first-order chi connectivity index (χ1) is 15.6. The van der Waals surface area contributed by atoms with Crippen molar-refractivity contribution in [2.45, 2.75) is 49.2 Å². The van der Waals surface area contributed by atoms with Gasteiger partial charge in [0.15, 0.2) is 0 Å². The smallest absolute Gasteiger partial charge is 0.373 e. The maximum absolute atomic E-state index is 13.2. The summed E-state index contributed by atoms with van der Waals surface area (Å²) in [5, 5.41) is 0. The Morgan fingerprint density at radius 1 is 1.00 bits per heavy atom. The highest BCUT2D eigenvalue weighted by atomic mass is 19.4. The van der Waals surface area contributed by atoms with Crippen molar-refractivity contribution in [3.63, 3.8) is 0 Å². The Balaban J connectivity index is 1.88. The fourth-order valence-electron chi connectivity index (χ4n) is 4.53. The van der Waals surface area contributed by atoms with E-state index < -0.39 is 40.5 Å². The number of nitrogens with two attached hydrogens (primary N) is 1. The summed E-state index contributed by atoms with van der Waals surface area (Å²) in [6.07, 6.45) is -10.5. The Hall–Kier alpha value is -2.59. The number of alkyl halides is 6. The molecule has 34 heavy (non-hydrogen) atoms. The van der Waals surface area contributed by atoms with Crippen LogP contribution < -0.4 is 5.73 Å². The van der Waals surface area contributed by atoms with Gasteiger partial charge >= 0.3 is 12.4 Å². The van der Waals surface area contributed by atoms with Gasteiger partial charge in [-0.25, -0.2) is 0 Å². The molecule has 10 heteroatoms. The molecule has 4 nitrogen and oxygen atoms in total. The third-order valence-corrected chi connectivity index (χ3v) is 6.21. The molecular weight excluding hydrogens is 462 g/mol. The molecule has 0 spiro atoms. The van der Waals surface area contributed by atoms with Crippen LogP contribution in [0, 0.1) is 0 Å². The molecule has 2 aromatic carbocycles. The lowest BCUT2D eigenvalue weighted by Crippen LogP contribution is -2.68. The van der Waals surface area contributed by atoms with Crippen molar-refractivity contribution < 1.29 is 35.9 Å². The van der Waals surface area contributed by atoms with Gasteiger partial charge in [-0.15, -0.1) is 0 Å². The van der Waals surface area contributed by atoms with Crippen molar-refractivity contribution in [3.8, 4) is 0 Å². The minimum absolute atomic E-state index is 0.0323. The molecule has 0 aliphatic heterocycles. The fraction of sp³-hybridized carbons (Fsp3) is 0.458. The number of benzene rings is 2. The minimum Gasteiger partial charge on any atom is -0.373 e. The van der Waals surface area contributed by atoms with Gasteiger partial charge < -0.3 is 15.4 Å². The van der Waals surface area contributed by atoms with Crippen LogP contribution in [0.15, 0.2) is 48.5 Å². The van der Waals surface area contributed by atoms with E-state index in [9.17, 15) is 31.1 Å². The molecule has 1 aliphatic carbocycles. The standard InChI is InChI=1S/C24H26F6N2O2/c1-15(16-9-18(23(25,26)27)11-19(10-16)24(28,29)30)34-14-21(17-7-5-4-6-8-17)12-22(31,13-21)20(33)32(2)3/h4-11,15H,12-14,31H2,1-3H3. The lowest BCUT2D eigenvalue weighted by molar-refractivity contribution is -0.143. The number of hydrogen-bond donors (Lipinski definition) is 1. The van der Waals surface area contributed by atoms with Crippen LogP contribution in [0.1, 0.15) is 48.1 Å². The average molecular weight is 488 g/mol. The first kappa shape index (κ1) is 26.0. The minimum atomic E-state index is -4.94. The number of amides is 1. The summed E-state index contributed by atoms with van der Waals surface area (Å²) in [5.41, 5.74) is 2.27. The molecule has 1 saturated carbocycles. The van der Waals surface area contributed by atoms with Crippen LogP contribution in [0.5, 0.6) is 0 Å². The Kier molecular flexibility index (Phi) is 6.80. The highest BCUT2D eigenvalue weighted by Crippen LogP contribution is 2.50. The highest BCUT2D eigenvalue weighted by Gasteiger charge is 2.58. The van der Waals surface area contributed by atoms with Crippen molar-refractivity contribution >= 4 is 5.91 Å². The van der Waals surface area contributed by atoms with E-state index in [0.29, 0.717) is 12.1 Å². The quantitative estimate of drug-likeness (QED) is 0.560. The topological polar surface area (TPSA) is 55.6 Å². The number of nitrogens with zero attached hydrogens (tertiary/aromatic N) is 1. The average Bonchev–Trinajstić information content (AvgIpc) is 2.74. The summed E-state index contributed by atoms with van der Waals surface area (Å²) in [4.78, 5) is 13.9. The van der Waals surface area contributed by atoms with Crippen LogP contribution in [0.25, 0.3) is 0 Å². The van der Waals surface area contributed by atoms with Gasteiger partial charge in [0.05, 0.1) is 29.4 Å². The lowest BCUT2D eigenvalue weighted by Gasteiger charge is -2.54. The molecule has 1 atom stereocenters. The van der Waals surface area contributed by atoms with Gasteiger partial charge in [-0.05, 0) is 49.1 Å². The van der Waals surface area contributed by atoms with E-state index in [2.05, 4.69) is 0 Å². The summed E-state index contributed by atoms with van der Waals surface area (Å²) in [6.45, 7) is 1.36. The van der Waals surface area contributed by atoms with Gasteiger partial charge in [0.25, 0.3) is 0 Å². The molecule has 2 N–H and O–H groups in total. The van der Waals surface area contributed by atoms with Gasteiger partial charge in [-0.1, -0.05) is 30.3 Å². The SMILES string of the molecule is CC(OCC1(c2ccccc2)CC(N)(C(=O)N(C)C)C1)c1cc(C(F)(F)F)cc(C(F)(F)F)c1. The van der Waals surface area contributed by atoms with E-state index in [0.717, 1.165) is 5.56 Å². The molecule has 2 aromatic rings. The van der Waals surface area contributed by atoms with Crippen LogP contribution in [-0.2, 0) is 27.3 Å². The van der Waals surface area contributed by atoms with Gasteiger partial charge in [0, 0.05) is 19.5 Å². The molecule has 186 valence electrons. The van der Waals surface area contributed by atoms with E-state index in [1.165, 1.54) is 11.8 Å². The van der Waals surface area contributed by atoms with E-state index in [-0.39, 0.29) is 37.0 Å². The molecule has 0 heterocycles. The number of rotatable bonds is 6. The summed E-state index contributed by atoms with van der Waals surface area (Å²) >= 11 is 0. The van der Waals surface area contributed by atoms with Crippen molar-refractivity contribution in [1.82, 2.24) is 4.90 Å². The second-order valence-corrected chi connectivity index (χ2v) is 9.15. The molecule has 0 radical (unpaired) electrons. The van der Waals surface area contributed by atoms with Crippen molar-refractivity contribution in [3.05, 3.63) is 70.8 Å². The monoisotopic (exact) mass is 488 g/mol. The van der Waals surface area contributed by atoms with Crippen LogP contribution in [0.4, 0.5) is 26.3 Å². The van der Waals surface area contributed by atoms with Crippen LogP contribution in [0.3, 0.4) is 0 Å². The van der Waals surface area contributed by atoms with Crippen LogP contribution in [-0.4, -0.2) is 37.0 Å². The molecule has 1 amide bonds. The zero-order valence-electron chi connectivity index (χ0n) is 18.9. The van der Waals surface area contributed by atoms with Gasteiger partial charge in [0.2, 0.25) is 5.91 Å². The second-order valence-electron chi connectivity index (χ2n) is 9.15. The molecule has 1 unspecified atom stereocenters. The number of ether oxygens (including phenoxy) is 1. The van der Waals surface area contributed by atoms with Gasteiger partial charge in [-0.2, -0.15) is 26.3 Å². The molecule has 1 aliphatic rings. The molecule has 3 rings (SSSR count). The number of likely N-dealkylation sites (N-methyl/N-ethyl adjacent to an activating group) is 1. The fourth-order valence-corrected chi connectivity index (χ4v) is 4.53. The van der Waals surface area contributed by atoms with E-state index >= 15 is 0 Å². The zero-order valence-corrected chi connectivity index (χ0v) is 18.9. The van der Waals surface area contributed by atoms with E-state index in [4.69, 9.17) is 10.5 Å². The Morgan fingerprint density at radius 3 is 1.94 bits per heavy atom. The van der Waals surface area contributed by atoms with E-state index in [1.54, 1.807) is 32.3 Å². The number of carbonyl (C=O) groups is 1. The number of carbonyl (C=O) groups excluding carboxylic acids is 1. The van der Waals surface area contributed by atoms with Crippen LogP contribution >= 0.6 is 0 Å². The van der Waals surface area contributed by atoms with Gasteiger partial charge in [0.1, 0.15) is 0 Å². The Labute approximate surface area is 193 Å². The normalized spacial score (nSPS) is 23.8. The summed E-state index contributed by atoms with van der Waals surface area (Å²) in [5.74, 6) is -0.264. The second kappa shape index (κ2) is 8.88. The maximum atomic E-state index is 13.2. The molecule has 0 saturated heterocycles. The molecular formula is C24H26F6N2O2. The first-order valence-corrected chi connectivity index (χ1v) is 10.5. The van der Waals surface area contributed by atoms with Crippen molar-refractivity contribution in [2.75, 3.05) is 20.7 Å². The third kappa shape index (κ3) is 5.22. The molecule has 1 fully saturated rings. The first-order valence-electron chi connectivity index (χ1n) is 10.5. The van der Waals surface area contributed by atoms with Crippen LogP contribution in [0.2, 0.25) is 0 Å². The van der Waals surface area contributed by atoms with E-state index in [1.807, 2.05) is 12.1 Å². The summed E-state index contributed by atoms with van der Waals surface area (Å²) < 4.78 is 85.2. The predicted octanol–water partition coefficient (Wildman–Crippen LogP) is 5.32. The molecule has 0 aromatic heterocycles. The van der Waals surface area contributed by atoms with Crippen molar-refractivity contribution in [1.29, 1.82) is 0 Å². The lowest BCUT2D eigenvalue weighted by atomic mass is 9.54. The largest absolute Gasteiger partial charge is 0.416 e. The van der Waals surface area contributed by atoms with Gasteiger partial charge in [-0.3, -0.25) is 4.79 Å².